The maximum atomic E-state index is 13.4. The number of likely N-dealkylation sites (N-methyl/N-ethyl adjacent to an activating group) is 1. The Balaban J connectivity index is 1.91. The highest BCUT2D eigenvalue weighted by molar-refractivity contribution is 7.92. The Bertz CT molecular complexity index is 1130. The van der Waals surface area contributed by atoms with E-state index in [0.29, 0.717) is 18.0 Å². The lowest BCUT2D eigenvalue weighted by Gasteiger charge is -2.31. The molecule has 1 heterocycles. The van der Waals surface area contributed by atoms with Gasteiger partial charge in [-0.05, 0) is 38.5 Å². The van der Waals surface area contributed by atoms with Gasteiger partial charge in [0.15, 0.2) is 11.5 Å². The monoisotopic (exact) mass is 475 g/mol. The van der Waals surface area contributed by atoms with E-state index in [1.165, 1.54) is 11.0 Å². The minimum absolute atomic E-state index is 0.0465. The van der Waals surface area contributed by atoms with Crippen molar-refractivity contribution in [1.82, 2.24) is 10.2 Å². The Kier molecular flexibility index (Phi) is 7.47. The number of hydrogen-bond donors (Lipinski definition) is 1. The summed E-state index contributed by atoms with van der Waals surface area (Å²) in [6.07, 6.45) is 1.03. The van der Waals surface area contributed by atoms with E-state index in [0.717, 1.165) is 21.7 Å². The van der Waals surface area contributed by atoms with Crippen LogP contribution in [0.1, 0.15) is 25.0 Å². The van der Waals surface area contributed by atoms with Crippen LogP contribution in [0.2, 0.25) is 0 Å². The predicted molar refractivity (Wildman–Crippen MR) is 125 cm³/mol. The number of aryl methyl sites for hydroxylation is 1. The van der Waals surface area contributed by atoms with Crippen LogP contribution < -0.4 is 19.1 Å². The number of amides is 2. The average Bonchev–Trinajstić information content (AvgIpc) is 3.22. The molecule has 1 N–H and O–H groups in total. The van der Waals surface area contributed by atoms with Crippen LogP contribution >= 0.6 is 0 Å². The van der Waals surface area contributed by atoms with Gasteiger partial charge in [0.2, 0.25) is 28.6 Å². The molecule has 0 bridgehead atoms. The van der Waals surface area contributed by atoms with E-state index in [-0.39, 0.29) is 24.9 Å². The third-order valence-corrected chi connectivity index (χ3v) is 6.42. The van der Waals surface area contributed by atoms with Gasteiger partial charge in [0.25, 0.3) is 0 Å². The van der Waals surface area contributed by atoms with Crippen LogP contribution in [0.25, 0.3) is 0 Å². The first-order chi connectivity index (χ1) is 15.6. The summed E-state index contributed by atoms with van der Waals surface area (Å²) in [5, 5.41) is 2.73. The fourth-order valence-electron chi connectivity index (χ4n) is 3.57. The topological polar surface area (TPSA) is 105 Å². The lowest BCUT2D eigenvalue weighted by atomic mass is 10.1. The number of hydrogen-bond acceptors (Lipinski definition) is 6. The number of nitrogens with zero attached hydrogens (tertiary/aromatic N) is 2. The Morgan fingerprint density at radius 1 is 1.12 bits per heavy atom. The zero-order chi connectivity index (χ0) is 24.2. The molecule has 0 aliphatic carbocycles. The summed E-state index contributed by atoms with van der Waals surface area (Å²) in [6.45, 7) is 5.53. The zero-order valence-corrected chi connectivity index (χ0v) is 20.0. The second-order valence-electron chi connectivity index (χ2n) is 7.89. The molecule has 9 nitrogen and oxygen atoms in total. The van der Waals surface area contributed by atoms with Gasteiger partial charge in [-0.25, -0.2) is 8.42 Å². The lowest BCUT2D eigenvalue weighted by Crippen LogP contribution is -2.51. The third kappa shape index (κ3) is 5.95. The van der Waals surface area contributed by atoms with E-state index in [1.807, 2.05) is 31.2 Å². The van der Waals surface area contributed by atoms with Gasteiger partial charge in [0, 0.05) is 19.2 Å². The average molecular weight is 476 g/mol. The van der Waals surface area contributed by atoms with Crippen LogP contribution in [0.4, 0.5) is 5.69 Å². The number of carbonyl (C=O) groups is 2. The van der Waals surface area contributed by atoms with Gasteiger partial charge in [0.1, 0.15) is 12.6 Å². The molecular weight excluding hydrogens is 446 g/mol. The summed E-state index contributed by atoms with van der Waals surface area (Å²) in [4.78, 5) is 27.4. The molecule has 10 heteroatoms. The van der Waals surface area contributed by atoms with E-state index in [4.69, 9.17) is 9.47 Å². The third-order valence-electron chi connectivity index (χ3n) is 5.28. The second-order valence-corrected chi connectivity index (χ2v) is 9.80. The van der Waals surface area contributed by atoms with Crippen molar-refractivity contribution in [2.75, 3.05) is 30.4 Å². The predicted octanol–water partition coefficient (Wildman–Crippen LogP) is 2.04. The minimum Gasteiger partial charge on any atom is -0.454 e. The largest absolute Gasteiger partial charge is 0.454 e. The van der Waals surface area contributed by atoms with Gasteiger partial charge in [-0.3, -0.25) is 13.9 Å². The number of fused-ring (bicyclic) bond motifs is 1. The van der Waals surface area contributed by atoms with Crippen molar-refractivity contribution >= 4 is 27.5 Å². The van der Waals surface area contributed by atoms with Crippen LogP contribution in [-0.4, -0.2) is 57.3 Å². The number of carbonyl (C=O) groups excluding carboxylic acids is 2. The lowest BCUT2D eigenvalue weighted by molar-refractivity contribution is -0.139. The standard InChI is InChI=1S/C23H29N3O6S/c1-5-24-23(28)17(3)25(13-18-8-6-7-16(2)11-18)22(27)14-26(33(4,29)30)19-9-10-20-21(12-19)32-15-31-20/h6-12,17H,5,13-15H2,1-4H3,(H,24,28)/t17-/m1/s1. The summed E-state index contributed by atoms with van der Waals surface area (Å²) in [5.41, 5.74) is 2.13. The summed E-state index contributed by atoms with van der Waals surface area (Å²) in [5.74, 6) is 0.0937. The number of ether oxygens (including phenoxy) is 2. The molecule has 0 radical (unpaired) electrons. The van der Waals surface area contributed by atoms with Crippen LogP contribution in [-0.2, 0) is 26.2 Å². The van der Waals surface area contributed by atoms with Crippen LogP contribution in [0.15, 0.2) is 42.5 Å². The first kappa shape index (κ1) is 24.4. The van der Waals surface area contributed by atoms with Crippen molar-refractivity contribution < 1.29 is 27.5 Å². The molecule has 0 spiro atoms. The van der Waals surface area contributed by atoms with Crippen LogP contribution in [0, 0.1) is 6.92 Å². The Morgan fingerprint density at radius 3 is 2.52 bits per heavy atom. The van der Waals surface area contributed by atoms with Crippen molar-refractivity contribution in [3.8, 4) is 11.5 Å². The Hall–Kier alpha value is -3.27. The number of benzene rings is 2. The number of sulfonamides is 1. The molecule has 0 unspecified atom stereocenters. The van der Waals surface area contributed by atoms with Gasteiger partial charge in [-0.2, -0.15) is 0 Å². The van der Waals surface area contributed by atoms with Gasteiger partial charge >= 0.3 is 0 Å². The van der Waals surface area contributed by atoms with Gasteiger partial charge in [-0.1, -0.05) is 29.8 Å². The van der Waals surface area contributed by atoms with Crippen molar-refractivity contribution in [2.45, 2.75) is 33.4 Å². The first-order valence-corrected chi connectivity index (χ1v) is 12.4. The maximum absolute atomic E-state index is 13.4. The van der Waals surface area contributed by atoms with Crippen LogP contribution in [0.3, 0.4) is 0 Å². The number of anilines is 1. The maximum Gasteiger partial charge on any atom is 0.244 e. The molecule has 0 aromatic heterocycles. The van der Waals surface area contributed by atoms with E-state index in [9.17, 15) is 18.0 Å². The van der Waals surface area contributed by atoms with Crippen LogP contribution in [0.5, 0.6) is 11.5 Å². The number of rotatable bonds is 9. The van der Waals surface area contributed by atoms with Gasteiger partial charge in [-0.15, -0.1) is 0 Å². The Morgan fingerprint density at radius 2 is 1.85 bits per heavy atom. The fourth-order valence-corrected chi connectivity index (χ4v) is 4.41. The fraction of sp³-hybridized carbons (Fsp3) is 0.391. The molecule has 1 atom stereocenters. The van der Waals surface area contributed by atoms with E-state index < -0.39 is 28.5 Å². The van der Waals surface area contributed by atoms with Crippen molar-refractivity contribution in [1.29, 1.82) is 0 Å². The van der Waals surface area contributed by atoms with Gasteiger partial charge < -0.3 is 19.7 Å². The second kappa shape index (κ2) is 10.1. The highest BCUT2D eigenvalue weighted by atomic mass is 32.2. The normalized spacial score (nSPS) is 13.3. The summed E-state index contributed by atoms with van der Waals surface area (Å²) in [6, 6.07) is 11.5. The van der Waals surface area contributed by atoms with Crippen molar-refractivity contribution in [3.05, 3.63) is 53.6 Å². The molecule has 1 aliphatic heterocycles. The van der Waals surface area contributed by atoms with Gasteiger partial charge in [0.05, 0.1) is 11.9 Å². The molecule has 2 aromatic rings. The SMILES string of the molecule is CCNC(=O)[C@@H](C)N(Cc1cccc(C)c1)C(=O)CN(c1ccc2c(c1)OCO2)S(C)(=O)=O. The summed E-state index contributed by atoms with van der Waals surface area (Å²) in [7, 11) is -3.81. The number of nitrogens with one attached hydrogen (secondary N) is 1. The molecule has 0 saturated carbocycles. The smallest absolute Gasteiger partial charge is 0.244 e. The highest BCUT2D eigenvalue weighted by Crippen LogP contribution is 2.36. The molecule has 0 fully saturated rings. The highest BCUT2D eigenvalue weighted by Gasteiger charge is 2.30. The molecule has 2 amide bonds. The minimum atomic E-state index is -3.81. The first-order valence-electron chi connectivity index (χ1n) is 10.6. The molecule has 0 saturated heterocycles. The van der Waals surface area contributed by atoms with E-state index in [1.54, 1.807) is 26.0 Å². The molecule has 1 aliphatic rings. The summed E-state index contributed by atoms with van der Waals surface area (Å²) < 4.78 is 36.8. The zero-order valence-electron chi connectivity index (χ0n) is 19.2. The molecule has 33 heavy (non-hydrogen) atoms. The van der Waals surface area contributed by atoms with E-state index >= 15 is 0 Å². The summed E-state index contributed by atoms with van der Waals surface area (Å²) >= 11 is 0. The molecule has 178 valence electrons. The van der Waals surface area contributed by atoms with E-state index in [2.05, 4.69) is 5.32 Å². The molecule has 3 rings (SSSR count). The molecular formula is C23H29N3O6S. The molecule has 2 aromatic carbocycles. The Labute approximate surface area is 194 Å². The quantitative estimate of drug-likeness (QED) is 0.595. The van der Waals surface area contributed by atoms with Crippen molar-refractivity contribution in [2.24, 2.45) is 0 Å². The van der Waals surface area contributed by atoms with Crippen molar-refractivity contribution in [3.63, 3.8) is 0 Å².